The van der Waals surface area contributed by atoms with Crippen LogP contribution in [0.1, 0.15) is 36.5 Å². The Hall–Kier alpha value is -1.06. The number of benzene rings is 1. The standard InChI is InChI=1S/C18H29NO2/c1-13-6-5-7-19(10-13)11-17(20)12-21-18-9-14(2)8-15(3)16(18)4/h8-9,13,17,20H,5-7,10-12H2,1-4H3/t13-,17+/m0/s1. The van der Waals surface area contributed by atoms with Gasteiger partial charge in [-0.25, -0.2) is 0 Å². The van der Waals surface area contributed by atoms with Crippen LogP contribution in [-0.4, -0.2) is 42.4 Å². The van der Waals surface area contributed by atoms with Crippen LogP contribution in [0.5, 0.6) is 5.75 Å². The fourth-order valence-corrected chi connectivity index (χ4v) is 3.14. The van der Waals surface area contributed by atoms with Crippen molar-refractivity contribution in [2.75, 3.05) is 26.2 Å². The van der Waals surface area contributed by atoms with Crippen LogP contribution >= 0.6 is 0 Å². The van der Waals surface area contributed by atoms with Gasteiger partial charge < -0.3 is 14.7 Å². The van der Waals surface area contributed by atoms with Gasteiger partial charge in [0, 0.05) is 13.1 Å². The number of rotatable bonds is 5. The van der Waals surface area contributed by atoms with Crippen molar-refractivity contribution < 1.29 is 9.84 Å². The van der Waals surface area contributed by atoms with E-state index in [0.717, 1.165) is 24.8 Å². The van der Waals surface area contributed by atoms with Crippen molar-refractivity contribution in [2.24, 2.45) is 5.92 Å². The Balaban J connectivity index is 1.85. The van der Waals surface area contributed by atoms with Gasteiger partial charge in [-0.05, 0) is 68.8 Å². The number of ether oxygens (including phenoxy) is 1. The molecule has 0 spiro atoms. The highest BCUT2D eigenvalue weighted by Crippen LogP contribution is 2.23. The largest absolute Gasteiger partial charge is 0.491 e. The second-order valence-corrected chi connectivity index (χ2v) is 6.68. The van der Waals surface area contributed by atoms with Gasteiger partial charge in [0.05, 0.1) is 0 Å². The molecule has 0 bridgehead atoms. The average Bonchev–Trinajstić information content (AvgIpc) is 2.41. The van der Waals surface area contributed by atoms with Crippen LogP contribution in [0.4, 0.5) is 0 Å². The van der Waals surface area contributed by atoms with Gasteiger partial charge in [-0.15, -0.1) is 0 Å². The SMILES string of the molecule is Cc1cc(C)c(C)c(OC[C@H](O)CN2CCC[C@H](C)C2)c1. The molecule has 0 radical (unpaired) electrons. The molecule has 2 rings (SSSR count). The van der Waals surface area contributed by atoms with Crippen molar-refractivity contribution >= 4 is 0 Å². The van der Waals surface area contributed by atoms with Crippen LogP contribution < -0.4 is 4.74 Å². The van der Waals surface area contributed by atoms with E-state index in [2.05, 4.69) is 44.7 Å². The Kier molecular flexibility index (Phi) is 5.65. The van der Waals surface area contributed by atoms with E-state index in [0.29, 0.717) is 13.2 Å². The molecule has 1 aromatic carbocycles. The minimum atomic E-state index is -0.421. The van der Waals surface area contributed by atoms with Crippen molar-refractivity contribution in [1.29, 1.82) is 0 Å². The van der Waals surface area contributed by atoms with Gasteiger partial charge in [-0.2, -0.15) is 0 Å². The van der Waals surface area contributed by atoms with Crippen molar-refractivity contribution in [3.63, 3.8) is 0 Å². The minimum Gasteiger partial charge on any atom is -0.491 e. The fourth-order valence-electron chi connectivity index (χ4n) is 3.14. The number of piperidine rings is 1. The van der Waals surface area contributed by atoms with Crippen LogP contribution in [0.25, 0.3) is 0 Å². The second-order valence-electron chi connectivity index (χ2n) is 6.68. The average molecular weight is 291 g/mol. The Morgan fingerprint density at radius 2 is 2.10 bits per heavy atom. The Bertz CT molecular complexity index is 473. The molecular formula is C18H29NO2. The normalized spacial score (nSPS) is 21.3. The molecule has 21 heavy (non-hydrogen) atoms. The van der Waals surface area contributed by atoms with E-state index in [-0.39, 0.29) is 0 Å². The zero-order valence-corrected chi connectivity index (χ0v) is 13.9. The first-order valence-corrected chi connectivity index (χ1v) is 8.06. The van der Waals surface area contributed by atoms with E-state index < -0.39 is 6.10 Å². The molecular weight excluding hydrogens is 262 g/mol. The second kappa shape index (κ2) is 7.28. The van der Waals surface area contributed by atoms with Gasteiger partial charge in [0.1, 0.15) is 18.5 Å². The summed E-state index contributed by atoms with van der Waals surface area (Å²) in [6.45, 7) is 11.8. The van der Waals surface area contributed by atoms with E-state index >= 15 is 0 Å². The molecule has 1 aromatic rings. The highest BCUT2D eigenvalue weighted by atomic mass is 16.5. The lowest BCUT2D eigenvalue weighted by molar-refractivity contribution is 0.0535. The van der Waals surface area contributed by atoms with Crippen LogP contribution in [0.15, 0.2) is 12.1 Å². The molecule has 1 N–H and O–H groups in total. The van der Waals surface area contributed by atoms with Crippen LogP contribution in [-0.2, 0) is 0 Å². The molecule has 0 aromatic heterocycles. The molecule has 0 unspecified atom stereocenters. The van der Waals surface area contributed by atoms with Gasteiger partial charge >= 0.3 is 0 Å². The molecule has 1 aliphatic heterocycles. The van der Waals surface area contributed by atoms with Gasteiger partial charge in [0.2, 0.25) is 0 Å². The molecule has 1 aliphatic rings. The Morgan fingerprint density at radius 1 is 1.33 bits per heavy atom. The zero-order valence-electron chi connectivity index (χ0n) is 13.9. The molecule has 0 aliphatic carbocycles. The van der Waals surface area contributed by atoms with Gasteiger partial charge in [0.15, 0.2) is 0 Å². The molecule has 3 nitrogen and oxygen atoms in total. The van der Waals surface area contributed by atoms with E-state index in [4.69, 9.17) is 4.74 Å². The number of aliphatic hydroxyl groups excluding tert-OH is 1. The third kappa shape index (κ3) is 4.72. The quantitative estimate of drug-likeness (QED) is 0.905. The predicted octanol–water partition coefficient (Wildman–Crippen LogP) is 3.08. The molecule has 1 heterocycles. The number of hydrogen-bond donors (Lipinski definition) is 1. The first-order valence-electron chi connectivity index (χ1n) is 8.06. The highest BCUT2D eigenvalue weighted by molar-refractivity contribution is 5.41. The van der Waals surface area contributed by atoms with Crippen LogP contribution in [0, 0.1) is 26.7 Å². The monoisotopic (exact) mass is 291 g/mol. The molecule has 118 valence electrons. The first-order chi connectivity index (χ1) is 9.95. The number of nitrogens with zero attached hydrogens (tertiary/aromatic N) is 1. The van der Waals surface area contributed by atoms with Crippen molar-refractivity contribution in [1.82, 2.24) is 4.90 Å². The number of aryl methyl sites for hydroxylation is 2. The van der Waals surface area contributed by atoms with Gasteiger partial charge in [0.25, 0.3) is 0 Å². The van der Waals surface area contributed by atoms with Crippen LogP contribution in [0.2, 0.25) is 0 Å². The fraction of sp³-hybridized carbons (Fsp3) is 0.667. The van der Waals surface area contributed by atoms with Gasteiger partial charge in [-0.3, -0.25) is 0 Å². The molecule has 2 atom stereocenters. The summed E-state index contributed by atoms with van der Waals surface area (Å²) in [7, 11) is 0. The maximum Gasteiger partial charge on any atom is 0.122 e. The Morgan fingerprint density at radius 3 is 2.81 bits per heavy atom. The topological polar surface area (TPSA) is 32.7 Å². The molecule has 0 amide bonds. The number of aliphatic hydroxyl groups is 1. The van der Waals surface area contributed by atoms with Crippen LogP contribution in [0.3, 0.4) is 0 Å². The number of β-amino-alcohol motifs (C(OH)–C–C–N with tert-alkyl or cyclic N) is 1. The Labute approximate surface area is 128 Å². The molecule has 1 saturated heterocycles. The maximum absolute atomic E-state index is 10.2. The first kappa shape index (κ1) is 16.3. The highest BCUT2D eigenvalue weighted by Gasteiger charge is 2.19. The van der Waals surface area contributed by atoms with E-state index in [9.17, 15) is 5.11 Å². The molecule has 1 fully saturated rings. The summed E-state index contributed by atoms with van der Waals surface area (Å²) in [5, 5.41) is 10.2. The summed E-state index contributed by atoms with van der Waals surface area (Å²) in [5.74, 6) is 1.65. The summed E-state index contributed by atoms with van der Waals surface area (Å²) < 4.78 is 5.85. The molecule has 3 heteroatoms. The van der Waals surface area contributed by atoms with E-state index in [1.54, 1.807) is 0 Å². The summed E-state index contributed by atoms with van der Waals surface area (Å²) in [6.07, 6.45) is 2.13. The van der Waals surface area contributed by atoms with Gasteiger partial charge in [-0.1, -0.05) is 13.0 Å². The van der Waals surface area contributed by atoms with Crippen molar-refractivity contribution in [3.8, 4) is 5.75 Å². The lowest BCUT2D eigenvalue weighted by atomic mass is 10.00. The zero-order chi connectivity index (χ0) is 15.4. The lowest BCUT2D eigenvalue weighted by Gasteiger charge is -2.32. The third-order valence-corrected chi connectivity index (χ3v) is 4.41. The molecule has 0 saturated carbocycles. The minimum absolute atomic E-state index is 0.370. The lowest BCUT2D eigenvalue weighted by Crippen LogP contribution is -2.41. The number of hydrogen-bond acceptors (Lipinski definition) is 3. The van der Waals surface area contributed by atoms with Crippen molar-refractivity contribution in [3.05, 3.63) is 28.8 Å². The summed E-state index contributed by atoms with van der Waals surface area (Å²) in [6, 6.07) is 4.21. The summed E-state index contributed by atoms with van der Waals surface area (Å²) in [5.41, 5.74) is 3.61. The predicted molar refractivity (Wildman–Crippen MR) is 87.0 cm³/mol. The maximum atomic E-state index is 10.2. The third-order valence-electron chi connectivity index (χ3n) is 4.41. The number of likely N-dealkylation sites (tertiary alicyclic amines) is 1. The van der Waals surface area contributed by atoms with E-state index in [1.165, 1.54) is 29.5 Å². The summed E-state index contributed by atoms with van der Waals surface area (Å²) >= 11 is 0. The summed E-state index contributed by atoms with van der Waals surface area (Å²) in [4.78, 5) is 2.36. The smallest absolute Gasteiger partial charge is 0.122 e. The van der Waals surface area contributed by atoms with Crippen molar-refractivity contribution in [2.45, 2.75) is 46.6 Å². The van der Waals surface area contributed by atoms with E-state index in [1.807, 2.05) is 0 Å².